The zero-order chi connectivity index (χ0) is 25.3. The molecule has 0 spiro atoms. The van der Waals surface area contributed by atoms with Crippen molar-refractivity contribution in [3.05, 3.63) is 28.4 Å². The number of carbonyl (C=O) groups excluding carboxylic acids is 2. The lowest BCUT2D eigenvalue weighted by Crippen LogP contribution is -2.70. The molecule has 4 heterocycles. The third kappa shape index (κ3) is 5.01. The number of nitrogen functional groups attached to an aromatic ring is 1. The van der Waals surface area contributed by atoms with Gasteiger partial charge >= 0.3 is 11.9 Å². The van der Waals surface area contributed by atoms with Crippen LogP contribution in [-0.4, -0.2) is 87.0 Å². The summed E-state index contributed by atoms with van der Waals surface area (Å²) in [5.41, 5.74) is 6.20. The van der Waals surface area contributed by atoms with Gasteiger partial charge in [-0.15, -0.1) is 28.2 Å². The number of nitrogens with zero attached hydrogens (tertiary/aromatic N) is 6. The van der Waals surface area contributed by atoms with Crippen molar-refractivity contribution in [1.29, 1.82) is 0 Å². The van der Waals surface area contributed by atoms with Crippen molar-refractivity contribution in [2.24, 2.45) is 7.05 Å². The lowest BCUT2D eigenvalue weighted by atomic mass is 10.0. The van der Waals surface area contributed by atoms with Gasteiger partial charge in [0, 0.05) is 23.9 Å². The highest BCUT2D eigenvalue weighted by molar-refractivity contribution is 8.01. The van der Waals surface area contributed by atoms with Crippen LogP contribution in [-0.2, 0) is 26.2 Å². The Morgan fingerprint density at radius 3 is 2.74 bits per heavy atom. The van der Waals surface area contributed by atoms with Crippen LogP contribution in [0.4, 0.5) is 5.13 Å². The van der Waals surface area contributed by atoms with Crippen LogP contribution in [0.2, 0.25) is 0 Å². The van der Waals surface area contributed by atoms with Gasteiger partial charge in [-0.25, -0.2) is 14.5 Å². The van der Waals surface area contributed by atoms with Gasteiger partial charge in [0.2, 0.25) is 5.16 Å². The van der Waals surface area contributed by atoms with Crippen LogP contribution in [0.5, 0.6) is 0 Å². The zero-order valence-corrected chi connectivity index (χ0v) is 20.4. The molecule has 2 aliphatic heterocycles. The number of carboxylic acid groups (broad SMARTS) is 2. The minimum absolute atomic E-state index is 0.0317. The summed E-state index contributed by atoms with van der Waals surface area (Å²) in [4.78, 5) is 54.1. The average molecular weight is 539 g/mol. The van der Waals surface area contributed by atoms with Gasteiger partial charge in [0.25, 0.3) is 11.8 Å². The highest BCUT2D eigenvalue weighted by Crippen LogP contribution is 2.41. The molecule has 0 aliphatic carbocycles. The predicted octanol–water partition coefficient (Wildman–Crippen LogP) is -0.362. The van der Waals surface area contributed by atoms with E-state index in [-0.39, 0.29) is 27.8 Å². The van der Waals surface area contributed by atoms with E-state index >= 15 is 0 Å². The highest BCUT2D eigenvalue weighted by atomic mass is 32.2. The third-order valence-corrected chi connectivity index (χ3v) is 8.13. The monoisotopic (exact) mass is 538 g/mol. The van der Waals surface area contributed by atoms with E-state index in [9.17, 15) is 24.3 Å². The molecule has 5 N–H and O–H groups in total. The highest BCUT2D eigenvalue weighted by Gasteiger charge is 2.54. The summed E-state index contributed by atoms with van der Waals surface area (Å²) in [5, 5.41) is 34.1. The maximum absolute atomic E-state index is 13.0. The van der Waals surface area contributed by atoms with Crippen LogP contribution in [0.3, 0.4) is 0 Å². The quantitative estimate of drug-likeness (QED) is 0.183. The fourth-order valence-electron chi connectivity index (χ4n) is 3.42. The van der Waals surface area contributed by atoms with Crippen LogP contribution in [0.1, 0.15) is 12.1 Å². The first-order valence-corrected chi connectivity index (χ1v) is 12.8. The number of amides is 2. The molecule has 2 atom stereocenters. The second-order valence-corrected chi connectivity index (χ2v) is 10.2. The molecule has 2 aromatic heterocycles. The summed E-state index contributed by atoms with van der Waals surface area (Å²) < 4.78 is 1.45. The number of aromatic nitrogens is 5. The molecule has 1 unspecified atom stereocenters. The number of hydrogen-bond acceptors (Lipinski definition) is 12. The Morgan fingerprint density at radius 2 is 2.14 bits per heavy atom. The molecule has 2 amide bonds. The number of aryl methyl sites for hydroxylation is 1. The first-order valence-electron chi connectivity index (χ1n) is 9.86. The summed E-state index contributed by atoms with van der Waals surface area (Å²) in [6.07, 6.45) is 0.761. The molecule has 35 heavy (non-hydrogen) atoms. The van der Waals surface area contributed by atoms with Crippen molar-refractivity contribution in [2.45, 2.75) is 23.0 Å². The zero-order valence-electron chi connectivity index (χ0n) is 17.9. The standard InChI is InChI=1S/C18H18N8O6S3/c1-25-18(22-23-24-25)35-5-7-4-33-15-11(14(30)26(15)12(7)16(31)32)21-13(29)8(2-3-10(27)28)9-6-34-17(19)20-9/h2,6,11,15H,3-5H2,1H3,(H2,19,20)(H,21,29)(H,27,28)(H,31,32)/t11?,15-/m0/s1. The summed E-state index contributed by atoms with van der Waals surface area (Å²) >= 11 is 3.65. The number of nitrogens with two attached hydrogens (primary N) is 1. The summed E-state index contributed by atoms with van der Waals surface area (Å²) in [5.74, 6) is -3.08. The number of thioether (sulfide) groups is 2. The molecule has 14 nitrogen and oxygen atoms in total. The van der Waals surface area contributed by atoms with Gasteiger partial charge in [-0.2, -0.15) is 0 Å². The smallest absolute Gasteiger partial charge is 0.352 e. The Morgan fingerprint density at radius 1 is 1.37 bits per heavy atom. The molecule has 184 valence electrons. The predicted molar refractivity (Wildman–Crippen MR) is 126 cm³/mol. The van der Waals surface area contributed by atoms with Gasteiger partial charge < -0.3 is 21.3 Å². The Hall–Kier alpha value is -3.44. The van der Waals surface area contributed by atoms with E-state index in [1.54, 1.807) is 7.05 Å². The number of anilines is 1. The lowest BCUT2D eigenvalue weighted by molar-refractivity contribution is -0.150. The lowest BCUT2D eigenvalue weighted by Gasteiger charge is -2.49. The maximum atomic E-state index is 13.0. The molecular formula is C18H18N8O6S3. The number of thiazole rings is 1. The van der Waals surface area contributed by atoms with Crippen molar-refractivity contribution in [3.63, 3.8) is 0 Å². The molecule has 1 saturated heterocycles. The molecule has 0 bridgehead atoms. The second-order valence-electron chi connectivity index (χ2n) is 7.28. The van der Waals surface area contributed by atoms with Crippen LogP contribution in [0.15, 0.2) is 27.9 Å². The van der Waals surface area contributed by atoms with Crippen LogP contribution >= 0.6 is 34.9 Å². The van der Waals surface area contributed by atoms with E-state index in [0.717, 1.165) is 16.2 Å². The molecule has 0 saturated carbocycles. The minimum Gasteiger partial charge on any atom is -0.481 e. The molecule has 4 rings (SSSR count). The van der Waals surface area contributed by atoms with E-state index < -0.39 is 41.6 Å². The molecule has 1 fully saturated rings. The molecule has 0 aromatic carbocycles. The van der Waals surface area contributed by atoms with Crippen molar-refractivity contribution in [2.75, 3.05) is 17.2 Å². The van der Waals surface area contributed by atoms with Gasteiger partial charge in [-0.1, -0.05) is 17.8 Å². The Balaban J connectivity index is 1.50. The number of tetrazole rings is 1. The van der Waals surface area contributed by atoms with Gasteiger partial charge in [0.05, 0.1) is 17.7 Å². The molecule has 0 radical (unpaired) electrons. The van der Waals surface area contributed by atoms with Crippen molar-refractivity contribution >= 4 is 69.3 Å². The SMILES string of the molecule is Cn1nnnc1SCC1=C(C(=O)O)N2C(=O)C(NC(=O)C(=CCC(=O)O)c3csc(N)n3)[C@@H]2SC1. The number of hydrogen-bond donors (Lipinski definition) is 4. The fraction of sp³-hybridized carbons (Fsp3) is 0.333. The maximum Gasteiger partial charge on any atom is 0.352 e. The van der Waals surface area contributed by atoms with Gasteiger partial charge in [0.1, 0.15) is 17.1 Å². The molecule has 17 heteroatoms. The van der Waals surface area contributed by atoms with Crippen LogP contribution in [0, 0.1) is 0 Å². The van der Waals surface area contributed by atoms with E-state index in [2.05, 4.69) is 25.8 Å². The number of fused-ring (bicyclic) bond motifs is 1. The topological polar surface area (TPSA) is 207 Å². The van der Waals surface area contributed by atoms with Gasteiger partial charge in [-0.3, -0.25) is 19.3 Å². The number of nitrogens with one attached hydrogen (secondary N) is 1. The molecule has 2 aromatic rings. The first-order chi connectivity index (χ1) is 16.7. The van der Waals surface area contributed by atoms with E-state index in [1.165, 1.54) is 39.7 Å². The Kier molecular flexibility index (Phi) is 7.08. The number of aliphatic carboxylic acids is 2. The molecular weight excluding hydrogens is 520 g/mol. The Labute approximate surface area is 209 Å². The van der Waals surface area contributed by atoms with Gasteiger partial charge in [0.15, 0.2) is 5.13 Å². The van der Waals surface area contributed by atoms with E-state index in [1.807, 2.05) is 0 Å². The minimum atomic E-state index is -1.25. The summed E-state index contributed by atoms with van der Waals surface area (Å²) in [7, 11) is 1.66. The van der Waals surface area contributed by atoms with Crippen molar-refractivity contribution in [1.82, 2.24) is 35.4 Å². The number of β-lactam (4-membered cyclic amide) rings is 1. The summed E-state index contributed by atoms with van der Waals surface area (Å²) in [6.45, 7) is 0. The van der Waals surface area contributed by atoms with Crippen LogP contribution < -0.4 is 11.1 Å². The second kappa shape index (κ2) is 10.0. The van der Waals surface area contributed by atoms with Gasteiger partial charge in [-0.05, 0) is 16.0 Å². The van der Waals surface area contributed by atoms with E-state index in [4.69, 9.17) is 10.8 Å². The number of carboxylic acids is 2. The third-order valence-electron chi connectivity index (χ3n) is 5.02. The van der Waals surface area contributed by atoms with E-state index in [0.29, 0.717) is 16.5 Å². The molecule has 2 aliphatic rings. The first kappa shape index (κ1) is 24.7. The largest absolute Gasteiger partial charge is 0.481 e. The number of rotatable bonds is 9. The summed E-state index contributed by atoms with van der Waals surface area (Å²) in [6, 6.07) is -0.983. The van der Waals surface area contributed by atoms with Crippen LogP contribution in [0.25, 0.3) is 5.57 Å². The normalized spacial score (nSPS) is 19.9. The number of carbonyl (C=O) groups is 4. The fourth-order valence-corrected chi connectivity index (χ4v) is 6.32. The Bertz CT molecular complexity index is 1270. The van der Waals surface area contributed by atoms with Crippen molar-refractivity contribution in [3.8, 4) is 0 Å². The van der Waals surface area contributed by atoms with Crippen molar-refractivity contribution < 1.29 is 29.4 Å². The average Bonchev–Trinajstić information content (AvgIpc) is 3.42.